The molecule has 0 aromatic heterocycles. The van der Waals surface area contributed by atoms with Crippen LogP contribution in [0.25, 0.3) is 0 Å². The minimum atomic E-state index is -2.37. The fourth-order valence-corrected chi connectivity index (χ4v) is 2.66. The molecule has 0 radical (unpaired) electrons. The number of nitrogens with zero attached hydrogens (tertiary/aromatic N) is 1. The molecular formula is C12H16F2N2S. The van der Waals surface area contributed by atoms with Gasteiger partial charge in [-0.1, -0.05) is 23.9 Å². The largest absolute Gasteiger partial charge is 0.380 e. The van der Waals surface area contributed by atoms with Gasteiger partial charge in [0, 0.05) is 23.2 Å². The summed E-state index contributed by atoms with van der Waals surface area (Å²) in [6, 6.07) is 7.62. The predicted molar refractivity (Wildman–Crippen MR) is 67.8 cm³/mol. The van der Waals surface area contributed by atoms with Gasteiger partial charge in [0.2, 0.25) is 0 Å². The van der Waals surface area contributed by atoms with E-state index < -0.39 is 5.76 Å². The molecule has 1 heterocycles. The van der Waals surface area contributed by atoms with Crippen LogP contribution in [0.3, 0.4) is 0 Å². The van der Waals surface area contributed by atoms with E-state index in [9.17, 15) is 8.78 Å². The van der Waals surface area contributed by atoms with Gasteiger partial charge in [0.25, 0.3) is 5.76 Å². The van der Waals surface area contributed by atoms with Crippen molar-refractivity contribution in [2.45, 2.75) is 23.1 Å². The first kappa shape index (κ1) is 12.6. The molecule has 0 bridgehead atoms. The standard InChI is InChI=1S/C12H16F2N2S/c1-16-7-6-9(8-16)15-10-4-2-3-5-11(10)17-12(13)14/h2-5,9,12,15H,6-8H2,1H3. The van der Waals surface area contributed by atoms with Crippen molar-refractivity contribution in [3.8, 4) is 0 Å². The van der Waals surface area contributed by atoms with E-state index in [0.717, 1.165) is 25.2 Å². The molecule has 0 saturated carbocycles. The molecule has 1 fully saturated rings. The molecular weight excluding hydrogens is 242 g/mol. The normalized spacial score (nSPS) is 21.1. The molecule has 1 unspecified atom stereocenters. The summed E-state index contributed by atoms with van der Waals surface area (Å²) in [5.74, 6) is -2.37. The minimum absolute atomic E-state index is 0.361. The summed E-state index contributed by atoms with van der Waals surface area (Å²) < 4.78 is 24.8. The lowest BCUT2D eigenvalue weighted by Crippen LogP contribution is -2.23. The number of nitrogens with one attached hydrogen (secondary N) is 1. The molecule has 0 amide bonds. The van der Waals surface area contributed by atoms with Gasteiger partial charge in [0.15, 0.2) is 0 Å². The zero-order valence-corrected chi connectivity index (χ0v) is 10.5. The van der Waals surface area contributed by atoms with Crippen molar-refractivity contribution in [1.82, 2.24) is 4.90 Å². The van der Waals surface area contributed by atoms with Gasteiger partial charge in [-0.2, -0.15) is 8.78 Å². The first-order valence-electron chi connectivity index (χ1n) is 5.64. The van der Waals surface area contributed by atoms with Crippen molar-refractivity contribution in [2.75, 3.05) is 25.5 Å². The van der Waals surface area contributed by atoms with Crippen molar-refractivity contribution in [3.63, 3.8) is 0 Å². The van der Waals surface area contributed by atoms with E-state index in [1.54, 1.807) is 12.1 Å². The summed E-state index contributed by atoms with van der Waals surface area (Å²) >= 11 is 0.600. The molecule has 2 nitrogen and oxygen atoms in total. The number of benzene rings is 1. The highest BCUT2D eigenvalue weighted by molar-refractivity contribution is 7.99. The smallest absolute Gasteiger partial charge is 0.288 e. The zero-order valence-electron chi connectivity index (χ0n) is 9.70. The third-order valence-corrected chi connectivity index (χ3v) is 3.64. The van der Waals surface area contributed by atoms with Gasteiger partial charge in [-0.15, -0.1) is 0 Å². The predicted octanol–water partition coefficient (Wildman–Crippen LogP) is 3.12. The highest BCUT2D eigenvalue weighted by Gasteiger charge is 2.20. The molecule has 5 heteroatoms. The third-order valence-electron chi connectivity index (χ3n) is 2.85. The summed E-state index contributed by atoms with van der Waals surface area (Å²) in [7, 11) is 2.07. The molecule has 0 spiro atoms. The van der Waals surface area contributed by atoms with Gasteiger partial charge in [-0.3, -0.25) is 0 Å². The van der Waals surface area contributed by atoms with Crippen LogP contribution in [-0.4, -0.2) is 36.8 Å². The Kier molecular flexibility index (Phi) is 4.23. The molecule has 1 N–H and O–H groups in total. The lowest BCUT2D eigenvalue weighted by molar-refractivity contribution is 0.252. The number of alkyl halides is 2. The van der Waals surface area contributed by atoms with Crippen LogP contribution >= 0.6 is 11.8 Å². The van der Waals surface area contributed by atoms with E-state index >= 15 is 0 Å². The average molecular weight is 258 g/mol. The molecule has 1 aromatic carbocycles. The number of hydrogen-bond donors (Lipinski definition) is 1. The number of halogens is 2. The average Bonchev–Trinajstić information content (AvgIpc) is 2.66. The number of anilines is 1. The van der Waals surface area contributed by atoms with Crippen LogP contribution in [0.4, 0.5) is 14.5 Å². The Bertz CT molecular complexity index is 373. The van der Waals surface area contributed by atoms with E-state index in [1.165, 1.54) is 0 Å². The molecule has 1 aliphatic heterocycles. The van der Waals surface area contributed by atoms with Crippen LogP contribution in [0.15, 0.2) is 29.2 Å². The van der Waals surface area contributed by atoms with E-state index in [4.69, 9.17) is 0 Å². The van der Waals surface area contributed by atoms with Gasteiger partial charge in [0.05, 0.1) is 0 Å². The quantitative estimate of drug-likeness (QED) is 0.835. The lowest BCUT2D eigenvalue weighted by atomic mass is 10.2. The second kappa shape index (κ2) is 5.69. The molecule has 1 atom stereocenters. The molecule has 1 aliphatic rings. The maximum atomic E-state index is 12.4. The van der Waals surface area contributed by atoms with Gasteiger partial charge < -0.3 is 10.2 Å². The topological polar surface area (TPSA) is 15.3 Å². The maximum Gasteiger partial charge on any atom is 0.288 e. The number of para-hydroxylation sites is 1. The first-order chi connectivity index (χ1) is 8.15. The third kappa shape index (κ3) is 3.57. The Labute approximate surface area is 104 Å². The van der Waals surface area contributed by atoms with E-state index in [2.05, 4.69) is 17.3 Å². The van der Waals surface area contributed by atoms with Crippen molar-refractivity contribution in [3.05, 3.63) is 24.3 Å². The van der Waals surface area contributed by atoms with Crippen molar-refractivity contribution in [2.24, 2.45) is 0 Å². The lowest BCUT2D eigenvalue weighted by Gasteiger charge is -2.17. The van der Waals surface area contributed by atoms with Gasteiger partial charge >= 0.3 is 0 Å². The Morgan fingerprint density at radius 1 is 1.41 bits per heavy atom. The summed E-state index contributed by atoms with van der Waals surface area (Å²) in [5, 5.41) is 3.35. The Balaban J connectivity index is 2.04. The number of rotatable bonds is 4. The highest BCUT2D eigenvalue weighted by Crippen LogP contribution is 2.32. The Morgan fingerprint density at radius 3 is 2.82 bits per heavy atom. The molecule has 1 saturated heterocycles. The van der Waals surface area contributed by atoms with Crippen LogP contribution in [0.2, 0.25) is 0 Å². The van der Waals surface area contributed by atoms with Crippen LogP contribution in [0.1, 0.15) is 6.42 Å². The fourth-order valence-electron chi connectivity index (χ4n) is 2.06. The summed E-state index contributed by atoms with van der Waals surface area (Å²) in [6.07, 6.45) is 1.06. The van der Waals surface area contributed by atoms with Gasteiger partial charge in [-0.05, 0) is 32.1 Å². The monoisotopic (exact) mass is 258 g/mol. The molecule has 17 heavy (non-hydrogen) atoms. The number of hydrogen-bond acceptors (Lipinski definition) is 3. The van der Waals surface area contributed by atoms with Crippen molar-refractivity contribution in [1.29, 1.82) is 0 Å². The molecule has 2 rings (SSSR count). The van der Waals surface area contributed by atoms with Crippen molar-refractivity contribution < 1.29 is 8.78 Å². The first-order valence-corrected chi connectivity index (χ1v) is 6.52. The minimum Gasteiger partial charge on any atom is -0.380 e. The second-order valence-electron chi connectivity index (χ2n) is 4.27. The summed E-state index contributed by atoms with van der Waals surface area (Å²) in [5.41, 5.74) is 0.818. The van der Waals surface area contributed by atoms with E-state index in [-0.39, 0.29) is 0 Å². The maximum absolute atomic E-state index is 12.4. The van der Waals surface area contributed by atoms with Crippen LogP contribution < -0.4 is 5.32 Å². The number of likely N-dealkylation sites (tertiary alicyclic amines) is 1. The molecule has 0 aliphatic carbocycles. The molecule has 94 valence electrons. The zero-order chi connectivity index (χ0) is 12.3. The highest BCUT2D eigenvalue weighted by atomic mass is 32.2. The Morgan fingerprint density at radius 2 is 2.18 bits per heavy atom. The number of likely N-dealkylation sites (N-methyl/N-ethyl adjacent to an activating group) is 1. The van der Waals surface area contributed by atoms with Gasteiger partial charge in [0.1, 0.15) is 0 Å². The second-order valence-corrected chi connectivity index (χ2v) is 5.30. The molecule has 1 aromatic rings. The van der Waals surface area contributed by atoms with E-state index in [1.807, 2.05) is 12.1 Å². The van der Waals surface area contributed by atoms with E-state index in [0.29, 0.717) is 22.7 Å². The SMILES string of the molecule is CN1CCC(Nc2ccccc2SC(F)F)C1. The fraction of sp³-hybridized carbons (Fsp3) is 0.500. The Hall–Kier alpha value is -0.810. The van der Waals surface area contributed by atoms with Crippen LogP contribution in [0.5, 0.6) is 0 Å². The summed E-state index contributed by atoms with van der Waals surface area (Å²) in [4.78, 5) is 2.86. The van der Waals surface area contributed by atoms with Crippen LogP contribution in [-0.2, 0) is 0 Å². The van der Waals surface area contributed by atoms with Crippen molar-refractivity contribution >= 4 is 17.4 Å². The van der Waals surface area contributed by atoms with Gasteiger partial charge in [-0.25, -0.2) is 0 Å². The number of thioether (sulfide) groups is 1. The summed E-state index contributed by atoms with van der Waals surface area (Å²) in [6.45, 7) is 2.02. The van der Waals surface area contributed by atoms with Crippen LogP contribution in [0, 0.1) is 0 Å².